The number of unbranched alkanes of at least 4 members (excludes halogenated alkanes) is 4. The van der Waals surface area contributed by atoms with Crippen molar-refractivity contribution in [2.45, 2.75) is 82.7 Å². The van der Waals surface area contributed by atoms with Gasteiger partial charge in [0, 0.05) is 12.1 Å². The zero-order valence-corrected chi connectivity index (χ0v) is 12.7. The average Bonchev–Trinajstić information content (AvgIpc) is 2.40. The van der Waals surface area contributed by atoms with Gasteiger partial charge in [0.2, 0.25) is 0 Å². The van der Waals surface area contributed by atoms with Crippen LogP contribution in [0.1, 0.15) is 70.6 Å². The predicted molar refractivity (Wildman–Crippen MR) is 84.8 cm³/mol. The standard InChI is InChI=1S/C15H36N4/c16-12-5-1-3-8-14(18)10-7-11-15(19)9-4-2-6-13-17/h14-15H,1-13,16-19H2. The molecule has 2 atom stereocenters. The van der Waals surface area contributed by atoms with Crippen molar-refractivity contribution in [3.63, 3.8) is 0 Å². The van der Waals surface area contributed by atoms with Gasteiger partial charge >= 0.3 is 0 Å². The lowest BCUT2D eigenvalue weighted by atomic mass is 9.99. The van der Waals surface area contributed by atoms with E-state index in [1.807, 2.05) is 0 Å². The zero-order chi connectivity index (χ0) is 14.3. The van der Waals surface area contributed by atoms with Gasteiger partial charge in [-0.15, -0.1) is 0 Å². The highest BCUT2D eigenvalue weighted by Crippen LogP contribution is 2.11. The van der Waals surface area contributed by atoms with Crippen LogP contribution in [0.15, 0.2) is 0 Å². The maximum absolute atomic E-state index is 6.10. The van der Waals surface area contributed by atoms with E-state index >= 15 is 0 Å². The van der Waals surface area contributed by atoms with Crippen LogP contribution in [-0.2, 0) is 0 Å². The number of nitrogens with two attached hydrogens (primary N) is 4. The maximum Gasteiger partial charge on any atom is 0.00388 e. The Labute approximate surface area is 119 Å². The molecule has 0 fully saturated rings. The van der Waals surface area contributed by atoms with Gasteiger partial charge in [-0.05, 0) is 51.6 Å². The molecule has 0 amide bonds. The van der Waals surface area contributed by atoms with Gasteiger partial charge in [0.25, 0.3) is 0 Å². The van der Waals surface area contributed by atoms with Crippen molar-refractivity contribution in [2.24, 2.45) is 22.9 Å². The molecule has 0 aliphatic carbocycles. The molecule has 19 heavy (non-hydrogen) atoms. The molecule has 8 N–H and O–H groups in total. The average molecular weight is 272 g/mol. The van der Waals surface area contributed by atoms with E-state index in [9.17, 15) is 0 Å². The molecule has 0 aliphatic rings. The molecular weight excluding hydrogens is 236 g/mol. The van der Waals surface area contributed by atoms with Crippen molar-refractivity contribution >= 4 is 0 Å². The van der Waals surface area contributed by atoms with E-state index in [-0.39, 0.29) is 0 Å². The smallest absolute Gasteiger partial charge is 0.00388 e. The lowest BCUT2D eigenvalue weighted by Gasteiger charge is -2.14. The Morgan fingerprint density at radius 1 is 0.474 bits per heavy atom. The van der Waals surface area contributed by atoms with Crippen molar-refractivity contribution in [3.8, 4) is 0 Å². The van der Waals surface area contributed by atoms with Crippen LogP contribution in [0.4, 0.5) is 0 Å². The van der Waals surface area contributed by atoms with Crippen LogP contribution in [0.25, 0.3) is 0 Å². The summed E-state index contributed by atoms with van der Waals surface area (Å²) in [5, 5.41) is 0. The van der Waals surface area contributed by atoms with Crippen LogP contribution in [0, 0.1) is 0 Å². The SMILES string of the molecule is NCCCCCC(N)CCCC(N)CCCCCN. The Balaban J connectivity index is 3.30. The van der Waals surface area contributed by atoms with Crippen LogP contribution < -0.4 is 22.9 Å². The van der Waals surface area contributed by atoms with E-state index in [0.717, 1.165) is 58.0 Å². The maximum atomic E-state index is 6.10. The fraction of sp³-hybridized carbons (Fsp3) is 1.00. The van der Waals surface area contributed by atoms with Gasteiger partial charge in [-0.25, -0.2) is 0 Å². The molecule has 0 saturated heterocycles. The number of hydrogen-bond acceptors (Lipinski definition) is 4. The van der Waals surface area contributed by atoms with E-state index in [1.54, 1.807) is 0 Å². The highest BCUT2D eigenvalue weighted by Gasteiger charge is 2.06. The minimum atomic E-state index is 0.349. The van der Waals surface area contributed by atoms with Gasteiger partial charge < -0.3 is 22.9 Å². The lowest BCUT2D eigenvalue weighted by molar-refractivity contribution is 0.460. The first-order valence-electron chi connectivity index (χ1n) is 8.12. The van der Waals surface area contributed by atoms with Crippen molar-refractivity contribution in [3.05, 3.63) is 0 Å². The van der Waals surface area contributed by atoms with Crippen molar-refractivity contribution < 1.29 is 0 Å². The van der Waals surface area contributed by atoms with Gasteiger partial charge in [-0.2, -0.15) is 0 Å². The lowest BCUT2D eigenvalue weighted by Crippen LogP contribution is -2.23. The van der Waals surface area contributed by atoms with E-state index in [1.165, 1.54) is 25.7 Å². The molecule has 0 saturated carbocycles. The van der Waals surface area contributed by atoms with Gasteiger partial charge in [-0.1, -0.05) is 32.1 Å². The van der Waals surface area contributed by atoms with E-state index in [0.29, 0.717) is 12.1 Å². The normalized spacial score (nSPS) is 14.5. The second-order valence-electron chi connectivity index (χ2n) is 5.73. The largest absolute Gasteiger partial charge is 0.330 e. The second kappa shape index (κ2) is 14.3. The Morgan fingerprint density at radius 2 is 0.842 bits per heavy atom. The minimum absolute atomic E-state index is 0.349. The Morgan fingerprint density at radius 3 is 1.21 bits per heavy atom. The highest BCUT2D eigenvalue weighted by atomic mass is 14.6. The molecule has 0 aliphatic heterocycles. The summed E-state index contributed by atoms with van der Waals surface area (Å²) < 4.78 is 0. The van der Waals surface area contributed by atoms with Crippen LogP contribution >= 0.6 is 0 Å². The summed E-state index contributed by atoms with van der Waals surface area (Å²) in [6.07, 6.45) is 12.7. The third-order valence-electron chi connectivity index (χ3n) is 3.71. The minimum Gasteiger partial charge on any atom is -0.330 e. The molecule has 0 aromatic carbocycles. The molecule has 0 bridgehead atoms. The van der Waals surface area contributed by atoms with Crippen molar-refractivity contribution in [1.82, 2.24) is 0 Å². The van der Waals surface area contributed by atoms with Crippen LogP contribution in [-0.4, -0.2) is 25.2 Å². The molecular formula is C15H36N4. The zero-order valence-electron chi connectivity index (χ0n) is 12.7. The third-order valence-corrected chi connectivity index (χ3v) is 3.71. The Kier molecular flexibility index (Phi) is 14.1. The topological polar surface area (TPSA) is 104 Å². The number of hydrogen-bond donors (Lipinski definition) is 4. The summed E-state index contributed by atoms with van der Waals surface area (Å²) in [4.78, 5) is 0. The Bertz CT molecular complexity index is 158. The summed E-state index contributed by atoms with van der Waals surface area (Å²) in [7, 11) is 0. The summed E-state index contributed by atoms with van der Waals surface area (Å²) in [5.41, 5.74) is 23.1. The monoisotopic (exact) mass is 272 g/mol. The van der Waals surface area contributed by atoms with E-state index in [4.69, 9.17) is 22.9 Å². The second-order valence-corrected chi connectivity index (χ2v) is 5.73. The summed E-state index contributed by atoms with van der Waals surface area (Å²) in [5.74, 6) is 0. The van der Waals surface area contributed by atoms with Crippen LogP contribution in [0.2, 0.25) is 0 Å². The van der Waals surface area contributed by atoms with Gasteiger partial charge in [0.1, 0.15) is 0 Å². The first-order valence-corrected chi connectivity index (χ1v) is 8.12. The molecule has 2 unspecified atom stereocenters. The van der Waals surface area contributed by atoms with Gasteiger partial charge in [0.05, 0.1) is 0 Å². The van der Waals surface area contributed by atoms with Gasteiger partial charge in [0.15, 0.2) is 0 Å². The number of rotatable bonds is 14. The fourth-order valence-electron chi connectivity index (χ4n) is 2.39. The highest BCUT2D eigenvalue weighted by molar-refractivity contribution is 4.66. The van der Waals surface area contributed by atoms with E-state index < -0.39 is 0 Å². The summed E-state index contributed by atoms with van der Waals surface area (Å²) >= 11 is 0. The predicted octanol–water partition coefficient (Wildman–Crippen LogP) is 1.85. The molecule has 4 heteroatoms. The first kappa shape index (κ1) is 18.8. The van der Waals surface area contributed by atoms with Gasteiger partial charge in [-0.3, -0.25) is 0 Å². The molecule has 116 valence electrons. The fourth-order valence-corrected chi connectivity index (χ4v) is 2.39. The van der Waals surface area contributed by atoms with Crippen LogP contribution in [0.3, 0.4) is 0 Å². The van der Waals surface area contributed by atoms with Crippen molar-refractivity contribution in [1.29, 1.82) is 0 Å². The quantitative estimate of drug-likeness (QED) is 0.362. The summed E-state index contributed by atoms with van der Waals surface area (Å²) in [6.45, 7) is 1.60. The molecule has 0 rings (SSSR count). The molecule has 0 spiro atoms. The van der Waals surface area contributed by atoms with Crippen molar-refractivity contribution in [2.75, 3.05) is 13.1 Å². The third kappa shape index (κ3) is 14.1. The molecule has 4 nitrogen and oxygen atoms in total. The molecule has 0 radical (unpaired) electrons. The molecule has 0 aromatic rings. The molecule has 0 heterocycles. The Hall–Kier alpha value is -0.160. The molecule has 0 aromatic heterocycles. The first-order chi connectivity index (χ1) is 9.20. The summed E-state index contributed by atoms with van der Waals surface area (Å²) in [6, 6.07) is 0.699. The van der Waals surface area contributed by atoms with E-state index in [2.05, 4.69) is 0 Å². The van der Waals surface area contributed by atoms with Crippen LogP contribution in [0.5, 0.6) is 0 Å².